The zero-order valence-electron chi connectivity index (χ0n) is 53.7. The number of carbonyl (C=O) groups is 2. The molecule has 0 spiro atoms. The zero-order chi connectivity index (χ0) is 65.4. The quantitative estimate of drug-likeness (QED) is 0.0338. The second-order valence-electron chi connectivity index (χ2n) is 21.1. The highest BCUT2D eigenvalue weighted by Crippen LogP contribution is 2.30. The van der Waals surface area contributed by atoms with Crippen molar-refractivity contribution in [2.75, 3.05) is 92.3 Å². The number of nitrogens with one attached hydrogen (secondary N) is 3. The fourth-order valence-corrected chi connectivity index (χ4v) is 9.11. The predicted molar refractivity (Wildman–Crippen MR) is 360 cm³/mol. The maximum atomic E-state index is 12.7. The van der Waals surface area contributed by atoms with E-state index in [-0.39, 0.29) is 23.6 Å². The number of hydrogen-bond donors (Lipinski definition) is 3. The monoisotopic (exact) mass is 1240 g/mol. The summed E-state index contributed by atoms with van der Waals surface area (Å²) in [7, 11) is 13.4. The van der Waals surface area contributed by atoms with Gasteiger partial charge in [-0.1, -0.05) is 96.2 Å². The third-order valence-corrected chi connectivity index (χ3v) is 14.4. The van der Waals surface area contributed by atoms with Gasteiger partial charge in [0.2, 0.25) is 0 Å². The third kappa shape index (κ3) is 19.7. The number of nitrogens with zero attached hydrogens (tertiary/aromatic N) is 8. The Labute approximate surface area is 537 Å². The van der Waals surface area contributed by atoms with E-state index in [0.29, 0.717) is 59.1 Å². The molecular formula is C72H77N11O9. The van der Waals surface area contributed by atoms with Crippen molar-refractivity contribution in [3.8, 4) is 80.4 Å². The van der Waals surface area contributed by atoms with Crippen LogP contribution in [0.4, 0.5) is 17.5 Å². The first-order valence-corrected chi connectivity index (χ1v) is 29.7. The second kappa shape index (κ2) is 33.4. The molecule has 4 aromatic heterocycles. The molecule has 0 radical (unpaired) electrons. The SMILES string of the molecule is COc1ccc(CCNc2cc(-c3cccc(-c4cc(C)no4)c3)nc(OC)n2)cc1.COc1ccc(CCNc2cc(-c3cccc(C(=O)/C=C(\C)N(C)C)c3)nc(OC)n2)cc1.COc1ccc(CCNc2cc(-c3cccc(C(C)=O)c3)nc(OC)n2)cc1. The van der Waals surface area contributed by atoms with Gasteiger partial charge in [-0.3, -0.25) is 9.59 Å². The van der Waals surface area contributed by atoms with E-state index in [1.165, 1.54) is 30.9 Å². The Morgan fingerprint density at radius 2 is 0.815 bits per heavy atom. The predicted octanol–water partition coefficient (Wildman–Crippen LogP) is 13.3. The van der Waals surface area contributed by atoms with Crippen LogP contribution < -0.4 is 44.4 Å². The molecule has 0 saturated heterocycles. The Balaban J connectivity index is 0.000000178. The lowest BCUT2D eigenvalue weighted by Gasteiger charge is -2.12. The van der Waals surface area contributed by atoms with Gasteiger partial charge in [0, 0.05) is 103 Å². The summed E-state index contributed by atoms with van der Waals surface area (Å²) < 4.78 is 36.8. The van der Waals surface area contributed by atoms with Gasteiger partial charge in [-0.15, -0.1) is 0 Å². The first-order chi connectivity index (χ1) is 44.6. The van der Waals surface area contributed by atoms with Gasteiger partial charge in [-0.05, 0) is 111 Å². The minimum absolute atomic E-state index is 0.0145. The summed E-state index contributed by atoms with van der Waals surface area (Å²) in [6, 6.07) is 55.1. The lowest BCUT2D eigenvalue weighted by Crippen LogP contribution is -2.10. The molecule has 92 heavy (non-hydrogen) atoms. The number of methoxy groups -OCH3 is 6. The summed E-state index contributed by atoms with van der Waals surface area (Å²) in [5.74, 6) is 5.25. The molecule has 20 nitrogen and oxygen atoms in total. The van der Waals surface area contributed by atoms with Crippen LogP contribution in [0, 0.1) is 6.92 Å². The molecule has 0 atom stereocenters. The van der Waals surface area contributed by atoms with Gasteiger partial charge >= 0.3 is 18.0 Å². The number of allylic oxidation sites excluding steroid dienone is 2. The van der Waals surface area contributed by atoms with Gasteiger partial charge in [0.05, 0.1) is 65.4 Å². The lowest BCUT2D eigenvalue weighted by molar-refractivity contribution is 0.101. The summed E-state index contributed by atoms with van der Waals surface area (Å²) in [5, 5.41) is 14.0. The lowest BCUT2D eigenvalue weighted by atomic mass is 10.0. The van der Waals surface area contributed by atoms with Gasteiger partial charge in [0.15, 0.2) is 17.3 Å². The first-order valence-electron chi connectivity index (χ1n) is 29.7. The Kier molecular flexibility index (Phi) is 24.3. The van der Waals surface area contributed by atoms with Gasteiger partial charge in [-0.2, -0.15) is 29.9 Å². The van der Waals surface area contributed by atoms with Crippen LogP contribution in [-0.2, 0) is 19.3 Å². The topological polar surface area (TPSA) is 232 Å². The zero-order valence-corrected chi connectivity index (χ0v) is 53.7. The van der Waals surface area contributed by atoms with Crippen molar-refractivity contribution in [2.45, 2.75) is 40.0 Å². The van der Waals surface area contributed by atoms with Crippen LogP contribution in [0.25, 0.3) is 45.1 Å². The largest absolute Gasteiger partial charge is 0.497 e. The van der Waals surface area contributed by atoms with Gasteiger partial charge < -0.3 is 53.8 Å². The molecule has 6 aromatic carbocycles. The molecular weight excluding hydrogens is 1160 g/mol. The van der Waals surface area contributed by atoms with Crippen molar-refractivity contribution < 1.29 is 42.5 Å². The van der Waals surface area contributed by atoms with Crippen LogP contribution in [0.5, 0.6) is 35.3 Å². The van der Waals surface area contributed by atoms with Crippen molar-refractivity contribution in [1.82, 2.24) is 40.0 Å². The molecule has 0 aliphatic carbocycles. The van der Waals surface area contributed by atoms with E-state index in [1.807, 2.05) is 178 Å². The van der Waals surface area contributed by atoms with Crippen LogP contribution in [0.1, 0.15) is 56.9 Å². The van der Waals surface area contributed by atoms with E-state index in [1.54, 1.807) is 53.6 Å². The number of aryl methyl sites for hydroxylation is 1. The van der Waals surface area contributed by atoms with Crippen LogP contribution in [0.2, 0.25) is 0 Å². The summed E-state index contributed by atoms with van der Waals surface area (Å²) in [6.07, 6.45) is 4.15. The molecule has 0 bridgehead atoms. The molecule has 0 unspecified atom stereocenters. The number of aromatic nitrogens is 7. The first kappa shape index (κ1) is 66.8. The van der Waals surface area contributed by atoms with Crippen LogP contribution in [-0.4, -0.2) is 128 Å². The molecule has 474 valence electrons. The van der Waals surface area contributed by atoms with Gasteiger partial charge in [-0.25, -0.2) is 0 Å². The van der Waals surface area contributed by atoms with Gasteiger partial charge in [0.1, 0.15) is 34.7 Å². The number of anilines is 3. The van der Waals surface area contributed by atoms with Crippen molar-refractivity contribution in [2.24, 2.45) is 0 Å². The summed E-state index contributed by atoms with van der Waals surface area (Å²) in [5.41, 5.74) is 12.2. The van der Waals surface area contributed by atoms with E-state index < -0.39 is 0 Å². The number of ether oxygens (including phenoxy) is 6. The molecule has 0 saturated carbocycles. The third-order valence-electron chi connectivity index (χ3n) is 14.4. The number of benzene rings is 6. The number of Topliss-reactive ketones (excluding diaryl/α,β-unsaturated/α-hetero) is 1. The smallest absolute Gasteiger partial charge is 0.318 e. The molecule has 0 amide bonds. The van der Waals surface area contributed by atoms with Crippen LogP contribution in [0.15, 0.2) is 186 Å². The molecule has 10 rings (SSSR count). The van der Waals surface area contributed by atoms with Crippen molar-refractivity contribution >= 4 is 29.0 Å². The van der Waals surface area contributed by atoms with E-state index in [2.05, 4.69) is 63.1 Å². The molecule has 4 heterocycles. The normalized spacial score (nSPS) is 10.8. The minimum atomic E-state index is -0.0538. The summed E-state index contributed by atoms with van der Waals surface area (Å²) in [6.45, 7) is 7.48. The van der Waals surface area contributed by atoms with Crippen molar-refractivity contribution in [3.63, 3.8) is 0 Å². The maximum absolute atomic E-state index is 12.7. The average Bonchev–Trinajstić information content (AvgIpc) is 1.33. The highest BCUT2D eigenvalue weighted by molar-refractivity contribution is 6.05. The van der Waals surface area contributed by atoms with E-state index in [4.69, 9.17) is 32.9 Å². The maximum Gasteiger partial charge on any atom is 0.318 e. The van der Waals surface area contributed by atoms with Gasteiger partial charge in [0.25, 0.3) is 0 Å². The van der Waals surface area contributed by atoms with Crippen molar-refractivity contribution in [3.05, 3.63) is 215 Å². The molecule has 0 fully saturated rings. The standard InChI is InChI=1S/C26H30N4O3.C24H24N4O3.C22H23N3O3/c1-18(30(2)3)15-24(31)21-8-6-7-20(16-21)23-17-25(29-26(28-23)33-5)27-14-13-19-9-11-22(32-4)12-10-19;1-16-13-22(31-28-16)19-6-4-5-18(14-19)21-15-23(27-24(26-21)30-3)25-12-11-17-7-9-20(29-2)10-8-17;1-15(26)17-5-4-6-18(13-17)20-14-21(25-22(24-20)28-3)23-12-11-16-7-9-19(27-2)10-8-16/h6-12,15-17H,13-14H2,1-5H3,(H,27,28,29);4-10,13-15H,11-12H2,1-3H3,(H,25,26,27);4-10,13-14H,11-12H2,1-3H3,(H,23,24,25)/b18-15+;;. The molecule has 3 N–H and O–H groups in total. The number of rotatable bonds is 26. The van der Waals surface area contributed by atoms with Crippen molar-refractivity contribution in [1.29, 1.82) is 0 Å². The highest BCUT2D eigenvalue weighted by Gasteiger charge is 2.15. The Bertz CT molecular complexity index is 4060. The molecule has 10 aromatic rings. The Morgan fingerprint density at radius 1 is 0.446 bits per heavy atom. The summed E-state index contributed by atoms with van der Waals surface area (Å²) in [4.78, 5) is 52.8. The number of carbonyl (C=O) groups excluding carboxylic acids is 2. The second-order valence-corrected chi connectivity index (χ2v) is 21.1. The molecule has 0 aliphatic heterocycles. The Hall–Kier alpha value is -11.2. The highest BCUT2D eigenvalue weighted by atomic mass is 16.5. The van der Waals surface area contributed by atoms with E-state index >= 15 is 0 Å². The van der Waals surface area contributed by atoms with Crippen LogP contribution >= 0.6 is 0 Å². The van der Waals surface area contributed by atoms with E-state index in [9.17, 15) is 9.59 Å². The fourth-order valence-electron chi connectivity index (χ4n) is 9.11. The minimum Gasteiger partial charge on any atom is -0.497 e. The number of hydrogen-bond acceptors (Lipinski definition) is 20. The average molecular weight is 1240 g/mol. The molecule has 0 aliphatic rings. The number of ketones is 2. The summed E-state index contributed by atoms with van der Waals surface area (Å²) >= 11 is 0. The molecule has 20 heteroatoms. The fraction of sp³-hybridized carbons (Fsp3) is 0.236. The Morgan fingerprint density at radius 3 is 1.17 bits per heavy atom. The van der Waals surface area contributed by atoms with Crippen LogP contribution in [0.3, 0.4) is 0 Å². The van der Waals surface area contributed by atoms with E-state index in [0.717, 1.165) is 88.2 Å².